The van der Waals surface area contributed by atoms with E-state index in [0.717, 1.165) is 17.8 Å². The highest BCUT2D eigenvalue weighted by Gasteiger charge is 2.30. The molecule has 1 aliphatic heterocycles. The van der Waals surface area contributed by atoms with Crippen molar-refractivity contribution in [3.8, 4) is 28.7 Å². The molecular weight excluding hydrogens is 585 g/mol. The van der Waals surface area contributed by atoms with Crippen LogP contribution < -0.4 is 15.0 Å². The van der Waals surface area contributed by atoms with Gasteiger partial charge in [0.25, 0.3) is 0 Å². The molecule has 0 saturated carbocycles. The van der Waals surface area contributed by atoms with E-state index in [1.807, 2.05) is 24.3 Å². The molecule has 1 saturated heterocycles. The smallest absolute Gasteiger partial charge is 0.416 e. The molecule has 2 atom stereocenters. The van der Waals surface area contributed by atoms with Crippen LogP contribution in [0, 0.1) is 0 Å². The molecule has 2 N–H and O–H groups in total. The fourth-order valence-corrected chi connectivity index (χ4v) is 5.31. The molecular formula is C31H28ClF3N4O4. The quantitative estimate of drug-likeness (QED) is 0.202. The van der Waals surface area contributed by atoms with E-state index < -0.39 is 17.8 Å². The summed E-state index contributed by atoms with van der Waals surface area (Å²) >= 11 is 6.42. The van der Waals surface area contributed by atoms with Gasteiger partial charge in [-0.15, -0.1) is 0 Å². The molecule has 0 bridgehead atoms. The van der Waals surface area contributed by atoms with E-state index in [9.17, 15) is 18.3 Å². The minimum Gasteiger partial charge on any atom is -0.489 e. The third-order valence-electron chi connectivity index (χ3n) is 7.12. The summed E-state index contributed by atoms with van der Waals surface area (Å²) in [6.07, 6.45) is -3.03. The van der Waals surface area contributed by atoms with Crippen LogP contribution in [0.2, 0.25) is 5.02 Å². The summed E-state index contributed by atoms with van der Waals surface area (Å²) in [5.74, 6) is 1.21. The number of oxazole rings is 2. The van der Waals surface area contributed by atoms with Gasteiger partial charge in [0.05, 0.1) is 27.9 Å². The first-order chi connectivity index (χ1) is 20.7. The predicted octanol–water partition coefficient (Wildman–Crippen LogP) is 6.60. The number of fused-ring (bicyclic) bond motifs is 1. The number of hydrogen-bond acceptors (Lipinski definition) is 8. The molecule has 1 aliphatic rings. The van der Waals surface area contributed by atoms with Gasteiger partial charge in [0.2, 0.25) is 11.8 Å². The topological polar surface area (TPSA) is 96.8 Å². The molecule has 0 spiro atoms. The van der Waals surface area contributed by atoms with Crippen LogP contribution in [0.5, 0.6) is 5.75 Å². The van der Waals surface area contributed by atoms with Crippen LogP contribution in [-0.2, 0) is 12.6 Å². The zero-order valence-electron chi connectivity index (χ0n) is 23.1. The molecule has 6 rings (SSSR count). The molecule has 0 radical (unpaired) electrons. The Hall–Kier alpha value is -4.06. The van der Waals surface area contributed by atoms with Crippen LogP contribution in [0.4, 0.5) is 18.9 Å². The van der Waals surface area contributed by atoms with E-state index in [-0.39, 0.29) is 18.5 Å². The fraction of sp³-hybridized carbons (Fsp3) is 0.290. The lowest BCUT2D eigenvalue weighted by atomic mass is 10.1. The average Bonchev–Trinajstić information content (AvgIpc) is 3.63. The first kappa shape index (κ1) is 29.0. The maximum absolute atomic E-state index is 12.9. The molecule has 12 heteroatoms. The number of benzene rings is 3. The van der Waals surface area contributed by atoms with E-state index in [1.54, 1.807) is 19.1 Å². The molecule has 1 fully saturated rings. The molecule has 0 amide bonds. The summed E-state index contributed by atoms with van der Waals surface area (Å²) in [5, 5.41) is 13.9. The molecule has 2 unspecified atom stereocenters. The fourth-order valence-electron chi connectivity index (χ4n) is 5.10. The van der Waals surface area contributed by atoms with Crippen LogP contribution in [0.15, 0.2) is 75.8 Å². The first-order valence-corrected chi connectivity index (χ1v) is 14.1. The average molecular weight is 613 g/mol. The second-order valence-electron chi connectivity index (χ2n) is 10.4. The number of hydrogen-bond donors (Lipinski definition) is 2. The van der Waals surface area contributed by atoms with Crippen molar-refractivity contribution in [2.75, 3.05) is 31.1 Å². The van der Waals surface area contributed by atoms with Crippen molar-refractivity contribution in [1.82, 2.24) is 15.3 Å². The van der Waals surface area contributed by atoms with Gasteiger partial charge in [-0.25, -0.2) is 9.97 Å². The van der Waals surface area contributed by atoms with Crippen molar-refractivity contribution in [2.45, 2.75) is 31.7 Å². The molecule has 2 aromatic heterocycles. The Morgan fingerprint density at radius 1 is 1.09 bits per heavy atom. The largest absolute Gasteiger partial charge is 0.489 e. The second-order valence-corrected chi connectivity index (χ2v) is 10.8. The van der Waals surface area contributed by atoms with Crippen molar-refractivity contribution in [2.24, 2.45) is 0 Å². The molecule has 5 aromatic rings. The molecule has 8 nitrogen and oxygen atoms in total. The highest BCUT2D eigenvalue weighted by molar-refractivity contribution is 6.33. The normalized spacial score (nSPS) is 16.5. The van der Waals surface area contributed by atoms with Gasteiger partial charge in [-0.3, -0.25) is 0 Å². The number of piperazine rings is 1. The van der Waals surface area contributed by atoms with Crippen LogP contribution in [-0.4, -0.2) is 53.5 Å². The second kappa shape index (κ2) is 11.9. The van der Waals surface area contributed by atoms with Crippen molar-refractivity contribution < 1.29 is 31.8 Å². The van der Waals surface area contributed by atoms with Crippen molar-refractivity contribution in [3.05, 3.63) is 83.2 Å². The molecule has 0 aliphatic carbocycles. The Bertz CT molecular complexity index is 1720. The van der Waals surface area contributed by atoms with Gasteiger partial charge < -0.3 is 28.9 Å². The van der Waals surface area contributed by atoms with Gasteiger partial charge in [-0.05, 0) is 55.5 Å². The Morgan fingerprint density at radius 2 is 1.88 bits per heavy atom. The molecule has 224 valence electrons. The lowest BCUT2D eigenvalue weighted by Crippen LogP contribution is -2.51. The summed E-state index contributed by atoms with van der Waals surface area (Å²) in [6, 6.07) is 15.6. The number of aliphatic hydroxyl groups excluding tert-OH is 1. The molecule has 3 aromatic carbocycles. The van der Waals surface area contributed by atoms with Crippen molar-refractivity contribution >= 4 is 28.4 Å². The zero-order valence-corrected chi connectivity index (χ0v) is 23.8. The minimum atomic E-state index is -4.41. The first-order valence-electron chi connectivity index (χ1n) is 13.8. The van der Waals surface area contributed by atoms with Gasteiger partial charge in [-0.1, -0.05) is 23.7 Å². The SMILES string of the molecule is CC(O)COc1ccc2oc(-c3ccccc3Cl)nc2c1N1CCNC(Cc2coc(-c3ccc(C(F)(F)F)cc3)n2)C1. The Morgan fingerprint density at radius 3 is 2.63 bits per heavy atom. The number of alkyl halides is 3. The Balaban J connectivity index is 1.26. The van der Waals surface area contributed by atoms with Crippen LogP contribution in [0.3, 0.4) is 0 Å². The van der Waals surface area contributed by atoms with Gasteiger partial charge in [-0.2, -0.15) is 13.2 Å². The van der Waals surface area contributed by atoms with E-state index in [4.69, 9.17) is 30.2 Å². The number of ether oxygens (including phenoxy) is 1. The van der Waals surface area contributed by atoms with Crippen LogP contribution in [0.25, 0.3) is 34.0 Å². The standard InChI is InChI=1S/C31H28ClF3N4O4/c1-18(40)16-41-26-11-10-25-27(38-30(43-25)23-4-2-3-5-24(23)32)28(26)39-13-12-36-21(15-39)14-22-17-42-29(37-22)19-6-8-20(9-7-19)31(33,34)35/h2-11,17-18,21,36,40H,12-16H2,1H3. The maximum atomic E-state index is 12.9. The lowest BCUT2D eigenvalue weighted by molar-refractivity contribution is -0.137. The van der Waals surface area contributed by atoms with Gasteiger partial charge in [0.15, 0.2) is 5.58 Å². The number of nitrogens with zero attached hydrogens (tertiary/aromatic N) is 3. The van der Waals surface area contributed by atoms with Crippen LogP contribution in [0.1, 0.15) is 18.2 Å². The third-order valence-corrected chi connectivity index (χ3v) is 7.45. The minimum absolute atomic E-state index is 0.0332. The third kappa shape index (κ3) is 6.34. The van der Waals surface area contributed by atoms with E-state index in [0.29, 0.717) is 70.6 Å². The van der Waals surface area contributed by atoms with Gasteiger partial charge in [0, 0.05) is 37.7 Å². The predicted molar refractivity (Wildman–Crippen MR) is 156 cm³/mol. The maximum Gasteiger partial charge on any atom is 0.416 e. The summed E-state index contributed by atoms with van der Waals surface area (Å²) in [6.45, 7) is 3.65. The van der Waals surface area contributed by atoms with E-state index in [2.05, 4.69) is 15.2 Å². The summed E-state index contributed by atoms with van der Waals surface area (Å²) in [4.78, 5) is 11.5. The number of aliphatic hydroxyl groups is 1. The molecule has 3 heterocycles. The number of rotatable bonds is 8. The van der Waals surface area contributed by atoms with E-state index in [1.165, 1.54) is 18.4 Å². The number of aromatic nitrogens is 2. The highest BCUT2D eigenvalue weighted by atomic mass is 35.5. The van der Waals surface area contributed by atoms with Gasteiger partial charge >= 0.3 is 6.18 Å². The van der Waals surface area contributed by atoms with Crippen molar-refractivity contribution in [3.63, 3.8) is 0 Å². The van der Waals surface area contributed by atoms with Crippen molar-refractivity contribution in [1.29, 1.82) is 0 Å². The number of halogens is 4. The highest BCUT2D eigenvalue weighted by Crippen LogP contribution is 2.40. The monoisotopic (exact) mass is 612 g/mol. The summed E-state index contributed by atoms with van der Waals surface area (Å²) in [5.41, 5.74) is 3.01. The zero-order chi connectivity index (χ0) is 30.1. The number of nitrogens with one attached hydrogen (secondary N) is 1. The van der Waals surface area contributed by atoms with Gasteiger partial charge in [0.1, 0.15) is 29.8 Å². The Kier molecular flexibility index (Phi) is 8.04. The van der Waals surface area contributed by atoms with Crippen LogP contribution >= 0.6 is 11.6 Å². The molecule has 43 heavy (non-hydrogen) atoms. The van der Waals surface area contributed by atoms with E-state index >= 15 is 0 Å². The summed E-state index contributed by atoms with van der Waals surface area (Å²) < 4.78 is 56.6. The lowest BCUT2D eigenvalue weighted by Gasteiger charge is -2.36. The number of anilines is 1. The summed E-state index contributed by atoms with van der Waals surface area (Å²) in [7, 11) is 0. The Labute approximate surface area is 250 Å².